The van der Waals surface area contributed by atoms with E-state index in [9.17, 15) is 0 Å². The van der Waals surface area contributed by atoms with Gasteiger partial charge in [0.05, 0.1) is 0 Å². The highest BCUT2D eigenvalue weighted by Gasteiger charge is 2.16. The van der Waals surface area contributed by atoms with E-state index in [2.05, 4.69) is 73.3 Å². The Balaban J connectivity index is 2.34. The lowest BCUT2D eigenvalue weighted by molar-refractivity contribution is 0.672. The van der Waals surface area contributed by atoms with Gasteiger partial charge in [-0.3, -0.25) is 0 Å². The highest BCUT2D eigenvalue weighted by Crippen LogP contribution is 2.28. The maximum Gasteiger partial charge on any atom is 0.0432 e. The van der Waals surface area contributed by atoms with Gasteiger partial charge >= 0.3 is 0 Å². The third-order valence-electron chi connectivity index (χ3n) is 3.56. The van der Waals surface area contributed by atoms with Gasteiger partial charge in [0.1, 0.15) is 0 Å². The smallest absolute Gasteiger partial charge is 0.0432 e. The Morgan fingerprint density at radius 1 is 0.900 bits per heavy atom. The lowest BCUT2D eigenvalue weighted by Gasteiger charge is -2.32. The molecule has 0 saturated heterocycles. The molecule has 0 aliphatic carbocycles. The van der Waals surface area contributed by atoms with Crippen LogP contribution in [0.3, 0.4) is 0 Å². The first-order valence-electron chi connectivity index (χ1n) is 7.24. The second kappa shape index (κ2) is 6.58. The predicted octanol–water partition coefficient (Wildman–Crippen LogP) is 4.12. The summed E-state index contributed by atoms with van der Waals surface area (Å²) >= 11 is 0. The Morgan fingerprint density at radius 2 is 1.50 bits per heavy atom. The molecule has 0 amide bonds. The molecule has 2 nitrogen and oxygen atoms in total. The van der Waals surface area contributed by atoms with Crippen molar-refractivity contribution >= 4 is 5.69 Å². The van der Waals surface area contributed by atoms with Crippen molar-refractivity contribution in [3.05, 3.63) is 65.7 Å². The van der Waals surface area contributed by atoms with Crippen LogP contribution in [-0.4, -0.2) is 6.04 Å². The highest BCUT2D eigenvalue weighted by molar-refractivity contribution is 5.55. The van der Waals surface area contributed by atoms with E-state index in [0.717, 1.165) is 6.54 Å². The quantitative estimate of drug-likeness (QED) is 0.883. The van der Waals surface area contributed by atoms with Crippen molar-refractivity contribution in [2.45, 2.75) is 39.4 Å². The molecule has 2 rings (SSSR count). The van der Waals surface area contributed by atoms with Gasteiger partial charge in [-0.2, -0.15) is 0 Å². The fourth-order valence-electron chi connectivity index (χ4n) is 2.46. The van der Waals surface area contributed by atoms with Crippen molar-refractivity contribution < 1.29 is 0 Å². The van der Waals surface area contributed by atoms with Crippen LogP contribution in [-0.2, 0) is 6.54 Å². The van der Waals surface area contributed by atoms with E-state index in [4.69, 9.17) is 5.73 Å². The summed E-state index contributed by atoms with van der Waals surface area (Å²) in [6.45, 7) is 7.39. The first-order valence-corrected chi connectivity index (χ1v) is 7.24. The van der Waals surface area contributed by atoms with Gasteiger partial charge in [0, 0.05) is 24.3 Å². The van der Waals surface area contributed by atoms with E-state index in [1.165, 1.54) is 16.8 Å². The van der Waals surface area contributed by atoms with Crippen molar-refractivity contribution in [3.8, 4) is 0 Å². The lowest BCUT2D eigenvalue weighted by atomic mass is 10.0. The van der Waals surface area contributed by atoms with Gasteiger partial charge in [0.2, 0.25) is 0 Å². The fourth-order valence-corrected chi connectivity index (χ4v) is 2.46. The van der Waals surface area contributed by atoms with E-state index >= 15 is 0 Å². The number of para-hydroxylation sites is 1. The molecule has 0 fully saturated rings. The topological polar surface area (TPSA) is 29.3 Å². The first-order chi connectivity index (χ1) is 9.59. The van der Waals surface area contributed by atoms with Gasteiger partial charge in [-0.15, -0.1) is 0 Å². The average molecular weight is 268 g/mol. The van der Waals surface area contributed by atoms with Crippen molar-refractivity contribution in [2.75, 3.05) is 4.90 Å². The summed E-state index contributed by atoms with van der Waals surface area (Å²) in [6.07, 6.45) is 0. The number of benzene rings is 2. The number of anilines is 1. The van der Waals surface area contributed by atoms with Gasteiger partial charge < -0.3 is 10.6 Å². The lowest BCUT2D eigenvalue weighted by Crippen LogP contribution is -2.31. The molecule has 0 aliphatic heterocycles. The molecule has 0 saturated carbocycles. The van der Waals surface area contributed by atoms with Crippen LogP contribution in [0.4, 0.5) is 5.69 Å². The maximum atomic E-state index is 6.12. The molecular formula is C18H24N2. The zero-order valence-electron chi connectivity index (χ0n) is 12.6. The Morgan fingerprint density at radius 3 is 2.10 bits per heavy atom. The van der Waals surface area contributed by atoms with Crippen molar-refractivity contribution in [1.82, 2.24) is 0 Å². The van der Waals surface area contributed by atoms with Crippen LogP contribution in [0.5, 0.6) is 0 Å². The number of hydrogen-bond acceptors (Lipinski definition) is 2. The summed E-state index contributed by atoms with van der Waals surface area (Å²) in [5, 5.41) is 0. The number of nitrogens with two attached hydrogens (primary N) is 1. The van der Waals surface area contributed by atoms with E-state index in [1.807, 2.05) is 6.92 Å². The third-order valence-corrected chi connectivity index (χ3v) is 3.56. The van der Waals surface area contributed by atoms with Crippen LogP contribution in [0, 0.1) is 0 Å². The Labute approximate surface area is 122 Å². The van der Waals surface area contributed by atoms with E-state index < -0.39 is 0 Å². The van der Waals surface area contributed by atoms with Crippen LogP contribution in [0.1, 0.15) is 37.9 Å². The Kier molecular flexibility index (Phi) is 4.80. The molecule has 2 heteroatoms. The van der Waals surface area contributed by atoms with Crippen molar-refractivity contribution in [3.63, 3.8) is 0 Å². The Bertz CT molecular complexity index is 532. The molecule has 0 bridgehead atoms. The molecule has 2 aromatic carbocycles. The number of rotatable bonds is 5. The van der Waals surface area contributed by atoms with Crippen molar-refractivity contribution in [1.29, 1.82) is 0 Å². The number of nitrogens with zero attached hydrogens (tertiary/aromatic N) is 1. The molecule has 0 aliphatic rings. The number of hydrogen-bond donors (Lipinski definition) is 1. The van der Waals surface area contributed by atoms with Crippen LogP contribution in [0.2, 0.25) is 0 Å². The molecule has 0 heterocycles. The minimum atomic E-state index is 0.0447. The van der Waals surface area contributed by atoms with Crippen LogP contribution >= 0.6 is 0 Å². The van der Waals surface area contributed by atoms with Gasteiger partial charge in [-0.25, -0.2) is 0 Å². The van der Waals surface area contributed by atoms with Gasteiger partial charge in [0.15, 0.2) is 0 Å². The van der Waals surface area contributed by atoms with Gasteiger partial charge in [-0.1, -0.05) is 48.5 Å². The predicted molar refractivity (Wildman–Crippen MR) is 86.8 cm³/mol. The summed E-state index contributed by atoms with van der Waals surface area (Å²) in [7, 11) is 0. The standard InChI is InChI=1S/C18H24N2/c1-14(2)20(13-16-9-5-4-6-10-16)18-12-8-7-11-17(18)15(3)19/h4-12,14-15H,13,19H2,1-3H3/t15-/m0/s1. The molecule has 1 atom stereocenters. The highest BCUT2D eigenvalue weighted by atomic mass is 15.2. The SMILES string of the molecule is CC(C)N(Cc1ccccc1)c1ccccc1[C@H](C)N. The second-order valence-electron chi connectivity index (χ2n) is 5.55. The summed E-state index contributed by atoms with van der Waals surface area (Å²) in [5.41, 5.74) is 9.88. The minimum absolute atomic E-state index is 0.0447. The Hall–Kier alpha value is -1.80. The van der Waals surface area contributed by atoms with Gasteiger partial charge in [0.25, 0.3) is 0 Å². The maximum absolute atomic E-state index is 6.12. The molecule has 0 unspecified atom stereocenters. The van der Waals surface area contributed by atoms with Crippen LogP contribution in [0.25, 0.3) is 0 Å². The molecule has 0 radical (unpaired) electrons. The fraction of sp³-hybridized carbons (Fsp3) is 0.333. The molecular weight excluding hydrogens is 244 g/mol. The molecule has 20 heavy (non-hydrogen) atoms. The van der Waals surface area contributed by atoms with E-state index in [-0.39, 0.29) is 6.04 Å². The normalized spacial score (nSPS) is 12.4. The summed E-state index contributed by atoms with van der Waals surface area (Å²) in [5.74, 6) is 0. The third kappa shape index (κ3) is 3.40. The monoisotopic (exact) mass is 268 g/mol. The van der Waals surface area contributed by atoms with E-state index in [1.54, 1.807) is 0 Å². The average Bonchev–Trinajstić information content (AvgIpc) is 2.45. The van der Waals surface area contributed by atoms with Crippen LogP contribution < -0.4 is 10.6 Å². The van der Waals surface area contributed by atoms with Crippen molar-refractivity contribution in [2.24, 2.45) is 5.73 Å². The van der Waals surface area contributed by atoms with Crippen LogP contribution in [0.15, 0.2) is 54.6 Å². The molecule has 2 aromatic rings. The molecule has 2 N–H and O–H groups in total. The summed E-state index contributed by atoms with van der Waals surface area (Å²) in [6, 6.07) is 19.5. The molecule has 106 valence electrons. The second-order valence-corrected chi connectivity index (χ2v) is 5.55. The molecule has 0 aromatic heterocycles. The zero-order valence-corrected chi connectivity index (χ0v) is 12.6. The minimum Gasteiger partial charge on any atom is -0.365 e. The zero-order chi connectivity index (χ0) is 14.5. The summed E-state index contributed by atoms with van der Waals surface area (Å²) in [4.78, 5) is 2.41. The van der Waals surface area contributed by atoms with E-state index in [0.29, 0.717) is 6.04 Å². The largest absolute Gasteiger partial charge is 0.365 e. The first kappa shape index (κ1) is 14.6. The molecule has 0 spiro atoms. The van der Waals surface area contributed by atoms with Gasteiger partial charge in [-0.05, 0) is 38.0 Å². The summed E-state index contributed by atoms with van der Waals surface area (Å²) < 4.78 is 0.